The van der Waals surface area contributed by atoms with Crippen LogP contribution in [0.1, 0.15) is 25.0 Å². The van der Waals surface area contributed by atoms with Crippen LogP contribution in [0.2, 0.25) is 0 Å². The van der Waals surface area contributed by atoms with Gasteiger partial charge in [0.05, 0.1) is 5.56 Å². The molecule has 1 aromatic heterocycles. The number of rotatable bonds is 5. The van der Waals surface area contributed by atoms with Gasteiger partial charge in [0.1, 0.15) is 0 Å². The number of hydrogen-bond acceptors (Lipinski definition) is 5. The molecule has 0 spiro atoms. The van der Waals surface area contributed by atoms with E-state index in [0.717, 1.165) is 50.1 Å². The van der Waals surface area contributed by atoms with Gasteiger partial charge in [-0.25, -0.2) is 15.0 Å². The van der Waals surface area contributed by atoms with Crippen molar-refractivity contribution in [2.24, 2.45) is 0 Å². The standard InChI is InChI=1S/C48H33N3O2/c1-48(2)38-18-10-9-16-36(38)42-39(48)28-29-41-44(42)53-43-37(17-11-19-40(43)52-41)47-50-45(34-24-20-32(21-25-34)30-12-5-3-6-13-30)49-46(51-47)35-26-22-33(23-27-35)31-14-7-4-8-15-31/h3-29H,1-2H3. The third-order valence-corrected chi connectivity index (χ3v) is 10.4. The fraction of sp³-hybridized carbons (Fsp3) is 0.0625. The summed E-state index contributed by atoms with van der Waals surface area (Å²) in [5.41, 5.74) is 11.6. The van der Waals surface area contributed by atoms with Crippen molar-refractivity contribution in [1.82, 2.24) is 15.0 Å². The second-order valence-corrected chi connectivity index (χ2v) is 14.0. The quantitative estimate of drug-likeness (QED) is 0.181. The predicted molar refractivity (Wildman–Crippen MR) is 211 cm³/mol. The second kappa shape index (κ2) is 12.1. The van der Waals surface area contributed by atoms with E-state index in [9.17, 15) is 0 Å². The SMILES string of the molecule is CC1(C)c2ccccc2-c2c1ccc1c2Oc2c(cccc2-c2nc(-c3ccc(-c4ccccc4)cc3)nc(-c3ccc(-c4ccccc4)cc3)n2)O1. The zero-order chi connectivity index (χ0) is 35.5. The highest BCUT2D eigenvalue weighted by Crippen LogP contribution is 2.59. The van der Waals surface area contributed by atoms with Gasteiger partial charge in [0.15, 0.2) is 40.5 Å². The summed E-state index contributed by atoms with van der Waals surface area (Å²) in [4.78, 5) is 15.3. The van der Waals surface area contributed by atoms with E-state index in [-0.39, 0.29) is 5.41 Å². The van der Waals surface area contributed by atoms with E-state index in [1.54, 1.807) is 0 Å². The first-order valence-corrected chi connectivity index (χ1v) is 17.9. The van der Waals surface area contributed by atoms with E-state index in [0.29, 0.717) is 40.5 Å². The summed E-state index contributed by atoms with van der Waals surface area (Å²) in [6.07, 6.45) is 0. The molecule has 10 rings (SSSR count). The van der Waals surface area contributed by atoms with Crippen LogP contribution in [0.5, 0.6) is 23.0 Å². The first-order chi connectivity index (χ1) is 26.0. The van der Waals surface area contributed by atoms with Crippen LogP contribution in [-0.2, 0) is 5.41 Å². The molecule has 0 bridgehead atoms. The maximum atomic E-state index is 6.95. The topological polar surface area (TPSA) is 57.1 Å². The van der Waals surface area contributed by atoms with Gasteiger partial charge >= 0.3 is 0 Å². The van der Waals surface area contributed by atoms with Gasteiger partial charge in [0, 0.05) is 22.1 Å². The van der Waals surface area contributed by atoms with Crippen molar-refractivity contribution in [3.63, 3.8) is 0 Å². The maximum absolute atomic E-state index is 6.95. The fourth-order valence-electron chi connectivity index (χ4n) is 7.66. The maximum Gasteiger partial charge on any atom is 0.181 e. The number of benzene rings is 7. The van der Waals surface area contributed by atoms with Crippen molar-refractivity contribution < 1.29 is 9.47 Å². The lowest BCUT2D eigenvalue weighted by Gasteiger charge is -2.26. The van der Waals surface area contributed by atoms with E-state index >= 15 is 0 Å². The molecular weight excluding hydrogens is 651 g/mol. The van der Waals surface area contributed by atoms with Crippen molar-refractivity contribution in [2.45, 2.75) is 19.3 Å². The number of hydrogen-bond donors (Lipinski definition) is 0. The zero-order valence-electron chi connectivity index (χ0n) is 29.2. The molecule has 1 aliphatic carbocycles. The highest BCUT2D eigenvalue weighted by molar-refractivity contribution is 5.89. The van der Waals surface area contributed by atoms with Crippen LogP contribution in [0.25, 0.3) is 67.5 Å². The molecule has 0 N–H and O–H groups in total. The molecule has 0 amide bonds. The molecule has 53 heavy (non-hydrogen) atoms. The highest BCUT2D eigenvalue weighted by Gasteiger charge is 2.40. The molecule has 2 heterocycles. The number of aromatic nitrogens is 3. The second-order valence-electron chi connectivity index (χ2n) is 14.0. The zero-order valence-corrected chi connectivity index (χ0v) is 29.2. The monoisotopic (exact) mass is 683 g/mol. The Kier molecular flexibility index (Phi) is 7.08. The summed E-state index contributed by atoms with van der Waals surface area (Å²) in [7, 11) is 0. The lowest BCUT2D eigenvalue weighted by Crippen LogP contribution is -2.15. The van der Waals surface area contributed by atoms with Gasteiger partial charge in [0.2, 0.25) is 0 Å². The van der Waals surface area contributed by atoms with Crippen LogP contribution in [-0.4, -0.2) is 15.0 Å². The summed E-state index contributed by atoms with van der Waals surface area (Å²) >= 11 is 0. The molecule has 0 fully saturated rings. The number of nitrogens with zero attached hydrogens (tertiary/aromatic N) is 3. The summed E-state index contributed by atoms with van der Waals surface area (Å²) in [6, 6.07) is 56.1. The molecule has 0 atom stereocenters. The Hall–Kier alpha value is -6.85. The van der Waals surface area contributed by atoms with Crippen molar-refractivity contribution in [3.8, 4) is 90.5 Å². The van der Waals surface area contributed by atoms with Gasteiger partial charge in [-0.3, -0.25) is 0 Å². The highest BCUT2D eigenvalue weighted by atomic mass is 16.6. The van der Waals surface area contributed by atoms with Gasteiger partial charge < -0.3 is 9.47 Å². The number of para-hydroxylation sites is 1. The average molecular weight is 684 g/mol. The summed E-state index contributed by atoms with van der Waals surface area (Å²) in [5, 5.41) is 0. The first-order valence-electron chi connectivity index (χ1n) is 17.9. The van der Waals surface area contributed by atoms with Crippen LogP contribution in [0.15, 0.2) is 164 Å². The molecule has 5 heteroatoms. The summed E-state index contributed by atoms with van der Waals surface area (Å²) in [6.45, 7) is 4.53. The Labute approximate surface area is 308 Å². The predicted octanol–water partition coefficient (Wildman–Crippen LogP) is 12.4. The molecule has 8 aromatic rings. The molecule has 1 aliphatic heterocycles. The average Bonchev–Trinajstić information content (AvgIpc) is 3.46. The van der Waals surface area contributed by atoms with E-state index in [2.05, 4.69) is 141 Å². The molecule has 7 aromatic carbocycles. The summed E-state index contributed by atoms with van der Waals surface area (Å²) < 4.78 is 13.5. The van der Waals surface area contributed by atoms with E-state index in [1.807, 2.05) is 36.4 Å². The van der Waals surface area contributed by atoms with Crippen LogP contribution < -0.4 is 9.47 Å². The van der Waals surface area contributed by atoms with Crippen molar-refractivity contribution >= 4 is 0 Å². The molecule has 0 saturated heterocycles. The number of ether oxygens (including phenoxy) is 2. The minimum atomic E-state index is -0.172. The van der Waals surface area contributed by atoms with Gasteiger partial charge in [-0.2, -0.15) is 0 Å². The number of fused-ring (bicyclic) bond motifs is 6. The lowest BCUT2D eigenvalue weighted by atomic mass is 9.82. The van der Waals surface area contributed by atoms with E-state index in [4.69, 9.17) is 24.4 Å². The van der Waals surface area contributed by atoms with Gasteiger partial charge in [-0.1, -0.05) is 159 Å². The minimum Gasteiger partial charge on any atom is -0.449 e. The van der Waals surface area contributed by atoms with E-state index in [1.165, 1.54) is 11.1 Å². The van der Waals surface area contributed by atoms with Gasteiger partial charge in [-0.05, 0) is 57.1 Å². The van der Waals surface area contributed by atoms with Crippen LogP contribution in [0.3, 0.4) is 0 Å². The molecule has 2 aliphatic rings. The fourth-order valence-corrected chi connectivity index (χ4v) is 7.66. The Morgan fingerprint density at radius 2 is 0.849 bits per heavy atom. The first kappa shape index (κ1) is 30.9. The van der Waals surface area contributed by atoms with Crippen molar-refractivity contribution in [2.75, 3.05) is 0 Å². The normalized spacial score (nSPS) is 13.2. The van der Waals surface area contributed by atoms with Crippen LogP contribution in [0.4, 0.5) is 0 Å². The third kappa shape index (κ3) is 5.20. The molecule has 5 nitrogen and oxygen atoms in total. The Morgan fingerprint density at radius 1 is 0.358 bits per heavy atom. The molecule has 0 unspecified atom stereocenters. The molecule has 252 valence electrons. The van der Waals surface area contributed by atoms with Crippen molar-refractivity contribution in [3.05, 3.63) is 175 Å². The third-order valence-electron chi connectivity index (χ3n) is 10.4. The Morgan fingerprint density at radius 3 is 1.47 bits per heavy atom. The Bertz CT molecular complexity index is 2570. The largest absolute Gasteiger partial charge is 0.449 e. The van der Waals surface area contributed by atoms with E-state index < -0.39 is 0 Å². The van der Waals surface area contributed by atoms with Crippen LogP contribution in [0, 0.1) is 0 Å². The summed E-state index contributed by atoms with van der Waals surface area (Å²) in [5.74, 6) is 4.24. The van der Waals surface area contributed by atoms with Crippen LogP contribution >= 0.6 is 0 Å². The lowest BCUT2D eigenvalue weighted by molar-refractivity contribution is 0.361. The molecule has 0 radical (unpaired) electrons. The van der Waals surface area contributed by atoms with Gasteiger partial charge in [-0.15, -0.1) is 0 Å². The minimum absolute atomic E-state index is 0.172. The molecular formula is C48H33N3O2. The molecule has 0 saturated carbocycles. The van der Waals surface area contributed by atoms with Crippen molar-refractivity contribution in [1.29, 1.82) is 0 Å². The Balaban J connectivity index is 1.11. The smallest absolute Gasteiger partial charge is 0.181 e. The van der Waals surface area contributed by atoms with Gasteiger partial charge in [0.25, 0.3) is 0 Å².